The van der Waals surface area contributed by atoms with Crippen LogP contribution in [0.2, 0.25) is 0 Å². The maximum atomic E-state index is 13.3. The van der Waals surface area contributed by atoms with Gasteiger partial charge in [0.25, 0.3) is 0 Å². The molecule has 0 radical (unpaired) electrons. The van der Waals surface area contributed by atoms with Gasteiger partial charge in [0, 0.05) is 13.1 Å². The smallest absolute Gasteiger partial charge is 0.391 e. The third kappa shape index (κ3) is 8.89. The Balaban J connectivity index is 1.37. The fourth-order valence-electron chi connectivity index (χ4n) is 6.41. The zero-order valence-corrected chi connectivity index (χ0v) is 24.4. The number of aliphatic hydroxyl groups is 1. The van der Waals surface area contributed by atoms with E-state index < -0.39 is 24.3 Å². The lowest BCUT2D eigenvalue weighted by atomic mass is 9.80. The minimum absolute atomic E-state index is 0.110. The van der Waals surface area contributed by atoms with Crippen molar-refractivity contribution in [3.05, 3.63) is 108 Å². The van der Waals surface area contributed by atoms with Gasteiger partial charge in [-0.3, -0.25) is 4.90 Å². The second kappa shape index (κ2) is 15.3. The molecule has 8 heteroatoms. The number of halogens is 3. The van der Waals surface area contributed by atoms with Crippen LogP contribution in [0.3, 0.4) is 0 Å². The van der Waals surface area contributed by atoms with Crippen LogP contribution in [-0.4, -0.2) is 60.2 Å². The fourth-order valence-corrected chi connectivity index (χ4v) is 6.41. The molecule has 1 saturated carbocycles. The summed E-state index contributed by atoms with van der Waals surface area (Å²) in [6.45, 7) is 1.99. The van der Waals surface area contributed by atoms with Crippen LogP contribution in [0, 0.1) is 11.8 Å². The molecule has 3 aromatic rings. The molecule has 1 saturated heterocycles. The van der Waals surface area contributed by atoms with Crippen LogP contribution in [0.1, 0.15) is 42.4 Å². The van der Waals surface area contributed by atoms with Gasteiger partial charge in [-0.25, -0.2) is 0 Å². The molecule has 3 aromatic carbocycles. The Kier molecular flexibility index (Phi) is 11.3. The van der Waals surface area contributed by atoms with Crippen LogP contribution in [0.15, 0.2) is 91.0 Å². The highest BCUT2D eigenvalue weighted by Crippen LogP contribution is 2.40. The van der Waals surface area contributed by atoms with E-state index in [1.54, 1.807) is 0 Å². The van der Waals surface area contributed by atoms with Crippen molar-refractivity contribution >= 4 is 0 Å². The normalized spacial score (nSPS) is 26.8. The molecule has 2 fully saturated rings. The predicted octanol–water partition coefficient (Wildman–Crippen LogP) is 6.79. The Morgan fingerprint density at radius 3 is 1.58 bits per heavy atom. The van der Waals surface area contributed by atoms with E-state index in [2.05, 4.69) is 4.90 Å². The summed E-state index contributed by atoms with van der Waals surface area (Å²) in [5, 5.41) is 10.7. The highest BCUT2D eigenvalue weighted by Gasteiger charge is 2.47. The standard InChI is InChI=1S/C35H42F3NO4/c36-35(37,38)30-18-16-26(17-19-30)20-39-21-32(41-23-27-10-4-1-5-11-27)34(43-25-29-14-8-3-9-15-29)33(31(39)22-40)42-24-28-12-6-2-7-13-28/h1-15,26,30-34,40H,16-25H2/t26?,30?,31-,32+,33-,34-/m1/s1. The van der Waals surface area contributed by atoms with Crippen molar-refractivity contribution in [2.45, 2.75) is 76.0 Å². The highest BCUT2D eigenvalue weighted by atomic mass is 19.4. The van der Waals surface area contributed by atoms with Crippen molar-refractivity contribution in [2.75, 3.05) is 19.7 Å². The summed E-state index contributed by atoms with van der Waals surface area (Å²) in [7, 11) is 0. The maximum absolute atomic E-state index is 13.3. The van der Waals surface area contributed by atoms with E-state index >= 15 is 0 Å². The van der Waals surface area contributed by atoms with Gasteiger partial charge in [-0.1, -0.05) is 91.0 Å². The quantitative estimate of drug-likeness (QED) is 0.249. The van der Waals surface area contributed by atoms with Crippen molar-refractivity contribution < 1.29 is 32.5 Å². The SMILES string of the molecule is OC[C@@H]1[C@@H](OCc2ccccc2)[C@H](OCc2ccccc2)[C@@H](OCc2ccccc2)CN1CC1CCC(C(F)(F)F)CC1. The van der Waals surface area contributed by atoms with Crippen molar-refractivity contribution in [3.8, 4) is 0 Å². The number of hydrogen-bond acceptors (Lipinski definition) is 5. The highest BCUT2D eigenvalue weighted by molar-refractivity contribution is 5.16. The lowest BCUT2D eigenvalue weighted by Gasteiger charge is -2.49. The number of nitrogens with zero attached hydrogens (tertiary/aromatic N) is 1. The molecule has 2 aliphatic rings. The van der Waals surface area contributed by atoms with E-state index in [1.807, 2.05) is 91.0 Å². The van der Waals surface area contributed by atoms with Crippen LogP contribution < -0.4 is 0 Å². The van der Waals surface area contributed by atoms with Crippen LogP contribution in [-0.2, 0) is 34.0 Å². The molecule has 1 N–H and O–H groups in total. The summed E-state index contributed by atoms with van der Waals surface area (Å²) in [6, 6.07) is 29.3. The molecule has 5 rings (SSSR count). The number of likely N-dealkylation sites (tertiary alicyclic amines) is 1. The summed E-state index contributed by atoms with van der Waals surface area (Å²) < 4.78 is 59.7. The van der Waals surface area contributed by atoms with Crippen molar-refractivity contribution in [1.29, 1.82) is 0 Å². The van der Waals surface area contributed by atoms with Gasteiger partial charge in [0.2, 0.25) is 0 Å². The number of aliphatic hydroxyl groups excluding tert-OH is 1. The van der Waals surface area contributed by atoms with Gasteiger partial charge in [-0.15, -0.1) is 0 Å². The number of hydrogen-bond donors (Lipinski definition) is 1. The molecule has 4 atom stereocenters. The zero-order valence-electron chi connectivity index (χ0n) is 24.4. The second-order valence-electron chi connectivity index (χ2n) is 11.8. The van der Waals surface area contributed by atoms with E-state index in [-0.39, 0.29) is 37.5 Å². The first-order valence-corrected chi connectivity index (χ1v) is 15.3. The predicted molar refractivity (Wildman–Crippen MR) is 159 cm³/mol. The summed E-state index contributed by atoms with van der Waals surface area (Å²) in [6.07, 6.45) is -4.18. The summed E-state index contributed by atoms with van der Waals surface area (Å²) in [5.74, 6) is -1.11. The van der Waals surface area contributed by atoms with Crippen LogP contribution in [0.4, 0.5) is 13.2 Å². The first-order chi connectivity index (χ1) is 20.9. The number of alkyl halides is 3. The van der Waals surface area contributed by atoms with E-state index in [9.17, 15) is 18.3 Å². The molecule has 1 heterocycles. The van der Waals surface area contributed by atoms with Crippen LogP contribution in [0.5, 0.6) is 0 Å². The third-order valence-corrected chi connectivity index (χ3v) is 8.82. The summed E-state index contributed by atoms with van der Waals surface area (Å²) in [4.78, 5) is 2.17. The Hall–Kier alpha value is -2.75. The molecule has 0 unspecified atom stereocenters. The maximum Gasteiger partial charge on any atom is 0.391 e. The Labute approximate surface area is 252 Å². The van der Waals surface area contributed by atoms with E-state index in [1.165, 1.54) is 0 Å². The molecule has 0 bridgehead atoms. The number of ether oxygens (including phenoxy) is 3. The summed E-state index contributed by atoms with van der Waals surface area (Å²) in [5.41, 5.74) is 3.06. The van der Waals surface area contributed by atoms with Gasteiger partial charge in [-0.2, -0.15) is 13.2 Å². The average Bonchev–Trinajstić information content (AvgIpc) is 3.03. The minimum Gasteiger partial charge on any atom is -0.395 e. The number of rotatable bonds is 12. The van der Waals surface area contributed by atoms with Gasteiger partial charge in [-0.05, 0) is 48.3 Å². The first kappa shape index (κ1) is 31.7. The lowest BCUT2D eigenvalue weighted by Crippen LogP contribution is -2.65. The molecule has 1 aliphatic carbocycles. The largest absolute Gasteiger partial charge is 0.395 e. The third-order valence-electron chi connectivity index (χ3n) is 8.82. The second-order valence-corrected chi connectivity index (χ2v) is 11.8. The fraction of sp³-hybridized carbons (Fsp3) is 0.486. The zero-order chi connectivity index (χ0) is 30.1. The lowest BCUT2D eigenvalue weighted by molar-refractivity contribution is -0.210. The van der Waals surface area contributed by atoms with Crippen molar-refractivity contribution in [2.24, 2.45) is 11.8 Å². The topological polar surface area (TPSA) is 51.2 Å². The molecule has 1 aliphatic heterocycles. The number of benzene rings is 3. The first-order valence-electron chi connectivity index (χ1n) is 15.3. The van der Waals surface area contributed by atoms with Crippen LogP contribution >= 0.6 is 0 Å². The minimum atomic E-state index is -4.14. The Morgan fingerprint density at radius 2 is 1.12 bits per heavy atom. The van der Waals surface area contributed by atoms with Gasteiger partial charge in [0.1, 0.15) is 12.2 Å². The van der Waals surface area contributed by atoms with E-state index in [4.69, 9.17) is 14.2 Å². The Morgan fingerprint density at radius 1 is 0.651 bits per heavy atom. The van der Waals surface area contributed by atoms with E-state index in [0.29, 0.717) is 45.8 Å². The van der Waals surface area contributed by atoms with Gasteiger partial charge < -0.3 is 19.3 Å². The van der Waals surface area contributed by atoms with Crippen LogP contribution in [0.25, 0.3) is 0 Å². The van der Waals surface area contributed by atoms with Crippen molar-refractivity contribution in [3.63, 3.8) is 0 Å². The number of piperidine rings is 1. The molecule has 0 spiro atoms. The monoisotopic (exact) mass is 597 g/mol. The van der Waals surface area contributed by atoms with Gasteiger partial charge >= 0.3 is 6.18 Å². The molecule has 232 valence electrons. The van der Waals surface area contributed by atoms with Crippen molar-refractivity contribution in [1.82, 2.24) is 4.90 Å². The average molecular weight is 598 g/mol. The van der Waals surface area contributed by atoms with E-state index in [0.717, 1.165) is 16.7 Å². The molecule has 0 amide bonds. The molecule has 0 aromatic heterocycles. The van der Waals surface area contributed by atoms with Gasteiger partial charge in [0.05, 0.1) is 44.5 Å². The summed E-state index contributed by atoms with van der Waals surface area (Å²) >= 11 is 0. The molecule has 5 nitrogen and oxygen atoms in total. The molecule has 43 heavy (non-hydrogen) atoms. The Bertz CT molecular complexity index is 1210. The molecular weight excluding hydrogens is 555 g/mol. The molecular formula is C35H42F3NO4. The van der Waals surface area contributed by atoms with Gasteiger partial charge in [0.15, 0.2) is 0 Å².